The second-order valence-electron chi connectivity index (χ2n) is 12.3. The molecule has 0 amide bonds. The number of aromatic nitrogens is 2. The summed E-state index contributed by atoms with van der Waals surface area (Å²) in [4.78, 5) is 4.41. The minimum atomic E-state index is -0.800. The van der Waals surface area contributed by atoms with Gasteiger partial charge in [-0.1, -0.05) is 194 Å². The maximum atomic E-state index is 4.41. The molecule has 218 valence electrons. The van der Waals surface area contributed by atoms with E-state index in [1.807, 2.05) is 12.5 Å². The molecule has 6 aromatic rings. The van der Waals surface area contributed by atoms with Gasteiger partial charge in [0.25, 0.3) is 0 Å². The molecule has 1 aromatic heterocycles. The lowest BCUT2D eigenvalue weighted by molar-refractivity contribution is 0.596. The van der Waals surface area contributed by atoms with Gasteiger partial charge in [0.1, 0.15) is 0 Å². The van der Waals surface area contributed by atoms with Crippen LogP contribution >= 0.6 is 0 Å². The van der Waals surface area contributed by atoms with Gasteiger partial charge >= 0.3 is 0 Å². The maximum Gasteiger partial charge on any atom is 0.212 e. The van der Waals surface area contributed by atoms with Crippen LogP contribution in [0.25, 0.3) is 0 Å². The van der Waals surface area contributed by atoms with Crippen molar-refractivity contribution in [3.63, 3.8) is 0 Å². The van der Waals surface area contributed by atoms with Crippen molar-refractivity contribution >= 4 is 32.3 Å². The van der Waals surface area contributed by atoms with Crippen LogP contribution in [0.3, 0.4) is 0 Å². The van der Waals surface area contributed by atoms with Gasteiger partial charge in [0.15, 0.2) is 0 Å². The lowest BCUT2D eigenvalue weighted by Crippen LogP contribution is -2.46. The van der Waals surface area contributed by atoms with Crippen molar-refractivity contribution in [3.8, 4) is 0 Å². The average molecular weight is 589 g/mol. The zero-order valence-corrected chi connectivity index (χ0v) is 27.3. The molecule has 0 aliphatic heterocycles. The number of benzene rings is 5. The topological polar surface area (TPSA) is 17.8 Å². The fraction of sp³-hybridized carbons (Fsp3) is 0.175. The molecule has 5 aromatic carbocycles. The number of nitrogens with zero attached hydrogens (tertiary/aromatic N) is 2. The first-order chi connectivity index (χ1) is 21.6. The molecule has 0 radical (unpaired) electrons. The highest BCUT2D eigenvalue weighted by Gasteiger charge is 2.37. The molecule has 0 bridgehead atoms. The van der Waals surface area contributed by atoms with Gasteiger partial charge in [-0.05, 0) is 22.6 Å². The van der Waals surface area contributed by atoms with E-state index in [-0.39, 0.29) is 5.16 Å². The van der Waals surface area contributed by atoms with Gasteiger partial charge in [0, 0.05) is 12.4 Å². The summed E-state index contributed by atoms with van der Waals surface area (Å²) in [6, 6.07) is 52.8. The molecular formula is C40H41BN2Si. The van der Waals surface area contributed by atoms with Crippen molar-refractivity contribution < 1.29 is 0 Å². The van der Waals surface area contributed by atoms with E-state index in [0.717, 1.165) is 5.82 Å². The summed E-state index contributed by atoms with van der Waals surface area (Å²) in [5.41, 5.74) is 6.99. The monoisotopic (exact) mass is 588 g/mol. The fourth-order valence-electron chi connectivity index (χ4n) is 6.52. The van der Waals surface area contributed by atoms with Gasteiger partial charge < -0.3 is 4.57 Å². The summed E-state index contributed by atoms with van der Waals surface area (Å²) in [7, 11) is -0.800. The van der Waals surface area contributed by atoms with Crippen molar-refractivity contribution in [1.82, 2.24) is 9.55 Å². The Kier molecular flexibility index (Phi) is 9.38. The van der Waals surface area contributed by atoms with Gasteiger partial charge in [0.2, 0.25) is 6.71 Å². The lowest BCUT2D eigenvalue weighted by atomic mass is 9.37. The second kappa shape index (κ2) is 13.9. The molecule has 0 spiro atoms. The zero-order chi connectivity index (χ0) is 30.2. The highest BCUT2D eigenvalue weighted by Crippen LogP contribution is 2.38. The lowest BCUT2D eigenvalue weighted by Gasteiger charge is -2.37. The van der Waals surface area contributed by atoms with E-state index in [2.05, 4.69) is 175 Å². The van der Waals surface area contributed by atoms with Crippen LogP contribution in [0.5, 0.6) is 0 Å². The van der Waals surface area contributed by atoms with Crippen LogP contribution in [0.4, 0.5) is 0 Å². The van der Waals surface area contributed by atoms with Gasteiger partial charge in [-0.25, -0.2) is 4.98 Å². The molecule has 0 atom stereocenters. The Hall–Kier alpha value is -4.41. The van der Waals surface area contributed by atoms with E-state index in [1.165, 1.54) is 45.6 Å². The van der Waals surface area contributed by atoms with E-state index < -0.39 is 9.52 Å². The van der Waals surface area contributed by atoms with Crippen LogP contribution in [0.1, 0.15) is 49.3 Å². The van der Waals surface area contributed by atoms with E-state index >= 15 is 0 Å². The first-order valence-electron chi connectivity index (χ1n) is 15.9. The molecule has 1 aliphatic rings. The summed E-state index contributed by atoms with van der Waals surface area (Å²) in [6.07, 6.45) is 8.74. The Morgan fingerprint density at radius 1 is 0.682 bits per heavy atom. The average Bonchev–Trinajstić information content (AvgIpc) is 3.76. The summed E-state index contributed by atoms with van der Waals surface area (Å²) >= 11 is 0. The first kappa shape index (κ1) is 29.7. The van der Waals surface area contributed by atoms with Crippen LogP contribution in [0, 0.1) is 0 Å². The molecule has 1 heterocycles. The minimum Gasteiger partial charge on any atom is -0.326 e. The Balaban J connectivity index is 0.000000181. The van der Waals surface area contributed by atoms with Gasteiger partial charge in [-0.3, -0.25) is 0 Å². The smallest absolute Gasteiger partial charge is 0.212 e. The summed E-state index contributed by atoms with van der Waals surface area (Å²) in [5.74, 6) is 1.40. The number of hydrogen-bond acceptors (Lipinski definition) is 1. The van der Waals surface area contributed by atoms with Gasteiger partial charge in [-0.15, -0.1) is 0 Å². The highest BCUT2D eigenvalue weighted by atomic mass is 28.2. The standard InChI is InChI=1S/C25H26N2Si.C15H15B/c1-20(2)21-10-9-15-24(18-21)28-25(27-17-16-26-19-27,22-11-5-3-6-12-22)23-13-7-4-8-14-23;1-3-7-13(8-4-1)16(15-11-12-15)14-9-5-2-6-10-14/h3-20H,28H2,1-2H3;1-10,15H,11-12H2. The molecule has 1 fully saturated rings. The molecule has 2 nitrogen and oxygen atoms in total. The largest absolute Gasteiger partial charge is 0.326 e. The fourth-order valence-corrected chi connectivity index (χ4v) is 8.95. The molecule has 44 heavy (non-hydrogen) atoms. The number of rotatable bonds is 9. The normalized spacial score (nSPS) is 13.1. The quantitative estimate of drug-likeness (QED) is 0.172. The predicted molar refractivity (Wildman–Crippen MR) is 191 cm³/mol. The third-order valence-corrected chi connectivity index (χ3v) is 11.5. The third-order valence-electron chi connectivity index (χ3n) is 8.94. The highest BCUT2D eigenvalue weighted by molar-refractivity contribution is 6.86. The third kappa shape index (κ3) is 6.71. The van der Waals surface area contributed by atoms with Crippen molar-refractivity contribution in [2.45, 2.75) is 43.6 Å². The minimum absolute atomic E-state index is 0.214. The van der Waals surface area contributed by atoms with Crippen molar-refractivity contribution in [2.24, 2.45) is 0 Å². The van der Waals surface area contributed by atoms with Crippen LogP contribution in [-0.2, 0) is 5.16 Å². The molecular weight excluding hydrogens is 547 g/mol. The van der Waals surface area contributed by atoms with Crippen LogP contribution < -0.4 is 16.1 Å². The van der Waals surface area contributed by atoms with Crippen molar-refractivity contribution in [1.29, 1.82) is 0 Å². The van der Waals surface area contributed by atoms with Crippen LogP contribution in [-0.4, -0.2) is 25.8 Å². The Bertz CT molecular complexity index is 1620. The van der Waals surface area contributed by atoms with Crippen LogP contribution in [0.2, 0.25) is 5.82 Å². The maximum absolute atomic E-state index is 4.41. The summed E-state index contributed by atoms with van der Waals surface area (Å²) in [5, 5.41) is 1.25. The Morgan fingerprint density at radius 2 is 1.20 bits per heavy atom. The summed E-state index contributed by atoms with van der Waals surface area (Å²) in [6.45, 7) is 5.14. The molecule has 7 rings (SSSR count). The first-order valence-corrected chi connectivity index (χ1v) is 17.3. The second-order valence-corrected chi connectivity index (χ2v) is 14.5. The molecule has 0 N–H and O–H groups in total. The SMILES string of the molecule is CC(C)c1cccc([SiH2]C(c2ccccc2)(c2ccccc2)n2ccnc2)c1.c1ccc(B(c2ccccc2)C2CC2)cc1. The number of imidazole rings is 1. The van der Waals surface area contributed by atoms with E-state index in [1.54, 1.807) is 0 Å². The Morgan fingerprint density at radius 3 is 1.66 bits per heavy atom. The van der Waals surface area contributed by atoms with E-state index in [9.17, 15) is 0 Å². The van der Waals surface area contributed by atoms with Crippen molar-refractivity contribution in [2.75, 3.05) is 0 Å². The van der Waals surface area contributed by atoms with Crippen LogP contribution in [0.15, 0.2) is 164 Å². The van der Waals surface area contributed by atoms with Gasteiger partial charge in [0.05, 0.1) is 21.0 Å². The predicted octanol–water partition coefficient (Wildman–Crippen LogP) is 6.71. The van der Waals surface area contributed by atoms with E-state index in [0.29, 0.717) is 12.6 Å². The summed E-state index contributed by atoms with van der Waals surface area (Å²) < 4.78 is 2.31. The molecule has 4 heteroatoms. The molecule has 1 aliphatic carbocycles. The molecule has 1 saturated carbocycles. The van der Waals surface area contributed by atoms with Gasteiger partial charge in [-0.2, -0.15) is 0 Å². The zero-order valence-electron chi connectivity index (χ0n) is 25.8. The molecule has 0 saturated heterocycles. The van der Waals surface area contributed by atoms with Crippen molar-refractivity contribution in [3.05, 3.63) is 181 Å². The van der Waals surface area contributed by atoms with E-state index in [4.69, 9.17) is 0 Å². The molecule has 0 unspecified atom stereocenters. The Labute approximate surface area is 265 Å². The number of hydrogen-bond donors (Lipinski definition) is 0.